The predicted octanol–water partition coefficient (Wildman–Crippen LogP) is 2.28. The lowest BCUT2D eigenvalue weighted by Crippen LogP contribution is -2.20. The van der Waals surface area contributed by atoms with Gasteiger partial charge in [0, 0.05) is 6.26 Å². The molecule has 24 heavy (non-hydrogen) atoms. The maximum atomic E-state index is 12.4. The highest BCUT2D eigenvalue weighted by Crippen LogP contribution is 2.37. The summed E-state index contributed by atoms with van der Waals surface area (Å²) in [6.07, 6.45) is -3.60. The number of nitrogens with zero attached hydrogens (tertiary/aromatic N) is 2. The van der Waals surface area contributed by atoms with Crippen LogP contribution < -0.4 is 10.1 Å². The van der Waals surface area contributed by atoms with Gasteiger partial charge in [0.15, 0.2) is 9.84 Å². The number of hydrogen-bond donors (Lipinski definition) is 1. The summed E-state index contributed by atoms with van der Waals surface area (Å²) in [6, 6.07) is 1.22. The van der Waals surface area contributed by atoms with E-state index in [1.165, 1.54) is 0 Å². The molecule has 1 N–H and O–H groups in total. The smallest absolute Gasteiger partial charge is 0.411 e. The minimum absolute atomic E-state index is 0.312. The van der Waals surface area contributed by atoms with Crippen molar-refractivity contribution in [2.24, 2.45) is 0 Å². The molecule has 0 aliphatic heterocycles. The lowest BCUT2D eigenvalue weighted by Gasteiger charge is -2.15. The van der Waals surface area contributed by atoms with Crippen molar-refractivity contribution >= 4 is 33.4 Å². The van der Waals surface area contributed by atoms with Gasteiger partial charge in [0.1, 0.15) is 10.6 Å². The zero-order valence-corrected chi connectivity index (χ0v) is 13.2. The Balaban J connectivity index is 2.50. The fourth-order valence-electron chi connectivity index (χ4n) is 1.66. The van der Waals surface area contributed by atoms with Gasteiger partial charge in [-0.05, 0) is 12.1 Å². The van der Waals surface area contributed by atoms with Gasteiger partial charge in [0.05, 0.1) is 10.6 Å². The summed E-state index contributed by atoms with van der Waals surface area (Å²) in [5.74, 6) is -2.02. The molecule has 1 amide bonds. The molecule has 0 atom stereocenters. The van der Waals surface area contributed by atoms with Crippen molar-refractivity contribution < 1.29 is 35.5 Å². The Bertz CT molecular complexity index is 868. The molecule has 8 nitrogen and oxygen atoms in total. The van der Waals surface area contributed by atoms with Crippen LogP contribution in [0, 0.1) is 0 Å². The molecule has 1 heterocycles. The maximum Gasteiger partial charge on any atom is 0.573 e. The number of hydrogen-bond acceptors (Lipinski definition) is 7. The first-order valence-corrected chi connectivity index (χ1v) is 8.12. The Morgan fingerprint density at radius 3 is 2.54 bits per heavy atom. The van der Waals surface area contributed by atoms with Crippen LogP contribution >= 0.6 is 11.6 Å². The SMILES string of the molecule is CS(=O)(=O)c1c(OC(F)(F)F)ccc(C(=O)Nc2nnco2)c1Cl. The Hall–Kier alpha value is -2.34. The Kier molecular flexibility index (Phi) is 4.71. The van der Waals surface area contributed by atoms with Crippen molar-refractivity contribution in [1.82, 2.24) is 10.2 Å². The molecule has 130 valence electrons. The summed E-state index contributed by atoms with van der Waals surface area (Å²) < 4.78 is 69.0. The van der Waals surface area contributed by atoms with Crippen LogP contribution in [0.5, 0.6) is 5.75 Å². The molecular weight excluding hydrogens is 379 g/mol. The van der Waals surface area contributed by atoms with Crippen LogP contribution in [0.25, 0.3) is 0 Å². The number of benzene rings is 1. The molecule has 0 unspecified atom stereocenters. The van der Waals surface area contributed by atoms with Gasteiger partial charge in [-0.25, -0.2) is 8.42 Å². The fraction of sp³-hybridized carbons (Fsp3) is 0.182. The van der Waals surface area contributed by atoms with E-state index in [4.69, 9.17) is 11.6 Å². The minimum Gasteiger partial charge on any atom is -0.411 e. The minimum atomic E-state index is -5.14. The van der Waals surface area contributed by atoms with Gasteiger partial charge in [-0.2, -0.15) is 0 Å². The quantitative estimate of drug-likeness (QED) is 0.859. The molecule has 13 heteroatoms. The van der Waals surface area contributed by atoms with Crippen LogP contribution in [0.15, 0.2) is 27.8 Å². The number of sulfone groups is 1. The number of alkyl halides is 3. The van der Waals surface area contributed by atoms with Gasteiger partial charge < -0.3 is 9.15 Å². The van der Waals surface area contributed by atoms with E-state index in [-0.39, 0.29) is 6.01 Å². The highest BCUT2D eigenvalue weighted by molar-refractivity contribution is 7.91. The van der Waals surface area contributed by atoms with Crippen LogP contribution in [-0.2, 0) is 9.84 Å². The van der Waals surface area contributed by atoms with Gasteiger partial charge in [0.25, 0.3) is 5.91 Å². The van der Waals surface area contributed by atoms with Gasteiger partial charge >= 0.3 is 12.4 Å². The zero-order chi connectivity index (χ0) is 18.1. The number of aromatic nitrogens is 2. The van der Waals surface area contributed by atoms with Gasteiger partial charge in [0.2, 0.25) is 6.39 Å². The van der Waals surface area contributed by atoms with Gasteiger partial charge in [-0.15, -0.1) is 18.3 Å². The highest BCUT2D eigenvalue weighted by Gasteiger charge is 2.35. The van der Waals surface area contributed by atoms with Crippen LogP contribution in [0.1, 0.15) is 10.4 Å². The largest absolute Gasteiger partial charge is 0.573 e. The third-order valence-corrected chi connectivity index (χ3v) is 4.13. The number of ether oxygens (including phenoxy) is 1. The molecule has 0 bridgehead atoms. The number of carbonyl (C=O) groups is 1. The van der Waals surface area contributed by atoms with Crippen LogP contribution in [-0.4, -0.2) is 37.1 Å². The molecule has 1 aromatic heterocycles. The molecule has 0 radical (unpaired) electrons. The zero-order valence-electron chi connectivity index (χ0n) is 11.6. The summed E-state index contributed by atoms with van der Waals surface area (Å²) >= 11 is 5.81. The molecule has 2 aromatic rings. The standard InChI is InChI=1S/C11H7ClF3N3O5S/c1-24(20,21)8-6(23-11(13,14)15)3-2-5(7(8)12)9(19)17-10-18-16-4-22-10/h2-4H,1H3,(H,17,18,19). The predicted molar refractivity (Wildman–Crippen MR) is 73.5 cm³/mol. The van der Waals surface area contributed by atoms with Crippen molar-refractivity contribution in [3.05, 3.63) is 29.1 Å². The maximum absolute atomic E-state index is 12.4. The third-order valence-electron chi connectivity index (χ3n) is 2.48. The summed E-state index contributed by atoms with van der Waals surface area (Å²) in [6.45, 7) is 0. The van der Waals surface area contributed by atoms with Gasteiger partial charge in [-0.1, -0.05) is 16.7 Å². The normalized spacial score (nSPS) is 12.0. The molecule has 0 aliphatic rings. The van der Waals surface area contributed by atoms with E-state index in [1.807, 2.05) is 0 Å². The van der Waals surface area contributed by atoms with E-state index in [2.05, 4.69) is 24.7 Å². The molecule has 2 rings (SSSR count). The van der Waals surface area contributed by atoms with Crippen molar-refractivity contribution in [2.45, 2.75) is 11.3 Å². The summed E-state index contributed by atoms with van der Waals surface area (Å²) in [4.78, 5) is 11.1. The second-order valence-corrected chi connectivity index (χ2v) is 6.60. The number of anilines is 1. The topological polar surface area (TPSA) is 111 Å². The van der Waals surface area contributed by atoms with E-state index in [0.29, 0.717) is 12.3 Å². The third kappa shape index (κ3) is 4.14. The molecule has 0 spiro atoms. The van der Waals surface area contributed by atoms with Crippen LogP contribution in [0.4, 0.5) is 19.2 Å². The molecule has 1 aromatic carbocycles. The van der Waals surface area contributed by atoms with E-state index in [1.54, 1.807) is 0 Å². The van der Waals surface area contributed by atoms with E-state index < -0.39 is 43.3 Å². The van der Waals surface area contributed by atoms with Gasteiger partial charge in [-0.3, -0.25) is 10.1 Å². The number of amides is 1. The van der Waals surface area contributed by atoms with Crippen molar-refractivity contribution in [3.8, 4) is 5.75 Å². The molecule has 0 saturated carbocycles. The first-order valence-electron chi connectivity index (χ1n) is 5.85. The summed E-state index contributed by atoms with van der Waals surface area (Å²) in [5, 5.41) is 8.03. The lowest BCUT2D eigenvalue weighted by molar-refractivity contribution is -0.275. The monoisotopic (exact) mass is 385 g/mol. The average Bonchev–Trinajstić information content (AvgIpc) is 2.87. The first kappa shape index (κ1) is 18.0. The fourth-order valence-corrected chi connectivity index (χ4v) is 3.23. The number of halogens is 4. The second kappa shape index (κ2) is 6.28. The summed E-state index contributed by atoms with van der Waals surface area (Å²) in [7, 11) is -4.24. The second-order valence-electron chi connectivity index (χ2n) is 4.27. The first-order chi connectivity index (χ1) is 11.0. The molecule has 0 fully saturated rings. The molecular formula is C11H7ClF3N3O5S. The van der Waals surface area contributed by atoms with E-state index in [0.717, 1.165) is 12.5 Å². The lowest BCUT2D eigenvalue weighted by atomic mass is 10.2. The number of carbonyl (C=O) groups excluding carboxylic acids is 1. The Morgan fingerprint density at radius 2 is 2.04 bits per heavy atom. The van der Waals surface area contributed by atoms with Crippen LogP contribution in [0.2, 0.25) is 5.02 Å². The molecule has 0 aliphatic carbocycles. The average molecular weight is 386 g/mol. The highest BCUT2D eigenvalue weighted by atomic mass is 35.5. The number of nitrogens with one attached hydrogen (secondary N) is 1. The Morgan fingerprint density at radius 1 is 1.38 bits per heavy atom. The number of rotatable bonds is 4. The van der Waals surface area contributed by atoms with Crippen molar-refractivity contribution in [1.29, 1.82) is 0 Å². The van der Waals surface area contributed by atoms with E-state index >= 15 is 0 Å². The van der Waals surface area contributed by atoms with Crippen molar-refractivity contribution in [2.75, 3.05) is 11.6 Å². The van der Waals surface area contributed by atoms with Crippen LogP contribution in [0.3, 0.4) is 0 Å². The summed E-state index contributed by atoms with van der Waals surface area (Å²) in [5.41, 5.74) is -0.426. The van der Waals surface area contributed by atoms with Crippen molar-refractivity contribution in [3.63, 3.8) is 0 Å². The van der Waals surface area contributed by atoms with E-state index in [9.17, 15) is 26.4 Å². The molecule has 0 saturated heterocycles. The Labute approximate surface area is 137 Å².